The Labute approximate surface area is 157 Å². The third-order valence-electron chi connectivity index (χ3n) is 4.86. The van der Waals surface area contributed by atoms with Gasteiger partial charge in [-0.05, 0) is 42.3 Å². The van der Waals surface area contributed by atoms with Crippen LogP contribution in [0.25, 0.3) is 5.52 Å². The average molecular weight is 384 g/mol. The van der Waals surface area contributed by atoms with Crippen molar-refractivity contribution in [3.05, 3.63) is 60.2 Å². The molecule has 3 aromatic rings. The number of aryl methyl sites for hydroxylation is 1. The number of amides is 1. The molecule has 140 valence electrons. The SMILES string of the molecule is CN1C(=O)CCc2cc(S(=O)(=O)NCCc3ncc4ccccn34)ccc21. The van der Waals surface area contributed by atoms with Gasteiger partial charge in [0.1, 0.15) is 5.82 Å². The predicted octanol–water partition coefficient (Wildman–Crippen LogP) is 1.76. The summed E-state index contributed by atoms with van der Waals surface area (Å²) in [6, 6.07) is 10.7. The highest BCUT2D eigenvalue weighted by molar-refractivity contribution is 7.89. The molecule has 1 aliphatic rings. The first-order chi connectivity index (χ1) is 13.0. The van der Waals surface area contributed by atoms with Gasteiger partial charge in [-0.2, -0.15) is 0 Å². The molecule has 2 aromatic heterocycles. The molecule has 0 fully saturated rings. The lowest BCUT2D eigenvalue weighted by molar-refractivity contribution is -0.118. The van der Waals surface area contributed by atoms with Crippen LogP contribution in [0.15, 0.2) is 53.7 Å². The van der Waals surface area contributed by atoms with E-state index in [1.807, 2.05) is 28.8 Å². The van der Waals surface area contributed by atoms with Crippen LogP contribution in [-0.2, 0) is 27.7 Å². The summed E-state index contributed by atoms with van der Waals surface area (Å²) in [5.41, 5.74) is 2.62. The molecule has 0 spiro atoms. The van der Waals surface area contributed by atoms with Crippen molar-refractivity contribution in [2.75, 3.05) is 18.5 Å². The van der Waals surface area contributed by atoms with Crippen LogP contribution in [0.5, 0.6) is 0 Å². The maximum atomic E-state index is 12.6. The molecule has 0 aliphatic carbocycles. The molecule has 7 nitrogen and oxygen atoms in total. The molecular formula is C19H20N4O3S. The van der Waals surface area contributed by atoms with E-state index >= 15 is 0 Å². The van der Waals surface area contributed by atoms with Gasteiger partial charge in [-0.15, -0.1) is 0 Å². The zero-order valence-corrected chi connectivity index (χ0v) is 15.7. The van der Waals surface area contributed by atoms with Gasteiger partial charge in [0.2, 0.25) is 15.9 Å². The summed E-state index contributed by atoms with van der Waals surface area (Å²) >= 11 is 0. The van der Waals surface area contributed by atoms with E-state index in [-0.39, 0.29) is 17.3 Å². The summed E-state index contributed by atoms with van der Waals surface area (Å²) in [6.45, 7) is 0.256. The van der Waals surface area contributed by atoms with Crippen LogP contribution >= 0.6 is 0 Å². The van der Waals surface area contributed by atoms with E-state index in [0.717, 1.165) is 22.6 Å². The highest BCUT2D eigenvalue weighted by atomic mass is 32.2. The van der Waals surface area contributed by atoms with Crippen molar-refractivity contribution < 1.29 is 13.2 Å². The van der Waals surface area contributed by atoms with Crippen LogP contribution in [-0.4, -0.2) is 37.3 Å². The van der Waals surface area contributed by atoms with E-state index in [1.54, 1.807) is 36.3 Å². The first kappa shape index (κ1) is 17.7. The summed E-state index contributed by atoms with van der Waals surface area (Å²) in [7, 11) is -1.91. The Hall–Kier alpha value is -2.71. The maximum Gasteiger partial charge on any atom is 0.240 e. The van der Waals surface area contributed by atoms with Crippen LogP contribution in [0, 0.1) is 0 Å². The average Bonchev–Trinajstić information content (AvgIpc) is 3.08. The molecule has 0 radical (unpaired) electrons. The van der Waals surface area contributed by atoms with Crippen LogP contribution in [0.4, 0.5) is 5.69 Å². The molecule has 3 heterocycles. The number of sulfonamides is 1. The highest BCUT2D eigenvalue weighted by Gasteiger charge is 2.23. The smallest absolute Gasteiger partial charge is 0.240 e. The van der Waals surface area contributed by atoms with Crippen LogP contribution < -0.4 is 9.62 Å². The number of nitrogens with one attached hydrogen (secondary N) is 1. The number of rotatable bonds is 5. The molecule has 27 heavy (non-hydrogen) atoms. The van der Waals surface area contributed by atoms with Crippen molar-refractivity contribution in [3.8, 4) is 0 Å². The minimum absolute atomic E-state index is 0.0446. The quantitative estimate of drug-likeness (QED) is 0.727. The van der Waals surface area contributed by atoms with Crippen molar-refractivity contribution in [1.82, 2.24) is 14.1 Å². The van der Waals surface area contributed by atoms with E-state index in [4.69, 9.17) is 0 Å². The lowest BCUT2D eigenvalue weighted by Gasteiger charge is -2.26. The third kappa shape index (κ3) is 3.33. The first-order valence-electron chi connectivity index (χ1n) is 8.76. The van der Waals surface area contributed by atoms with Gasteiger partial charge in [0.05, 0.1) is 16.6 Å². The van der Waals surface area contributed by atoms with E-state index in [2.05, 4.69) is 9.71 Å². The number of hydrogen-bond donors (Lipinski definition) is 1. The fraction of sp³-hybridized carbons (Fsp3) is 0.263. The minimum Gasteiger partial charge on any atom is -0.315 e. The van der Waals surface area contributed by atoms with E-state index in [9.17, 15) is 13.2 Å². The second-order valence-electron chi connectivity index (χ2n) is 6.56. The van der Waals surface area contributed by atoms with Gasteiger partial charge < -0.3 is 9.30 Å². The lowest BCUT2D eigenvalue weighted by atomic mass is 10.0. The lowest BCUT2D eigenvalue weighted by Crippen LogP contribution is -2.31. The van der Waals surface area contributed by atoms with E-state index in [0.29, 0.717) is 19.3 Å². The number of fused-ring (bicyclic) bond motifs is 2. The predicted molar refractivity (Wildman–Crippen MR) is 102 cm³/mol. The Morgan fingerprint density at radius 2 is 2.04 bits per heavy atom. The summed E-state index contributed by atoms with van der Waals surface area (Å²) in [4.78, 5) is 17.9. The van der Waals surface area contributed by atoms with Gasteiger partial charge in [0.15, 0.2) is 0 Å². The zero-order valence-electron chi connectivity index (χ0n) is 14.9. The zero-order chi connectivity index (χ0) is 19.0. The monoisotopic (exact) mass is 384 g/mol. The normalized spacial score (nSPS) is 14.6. The molecule has 0 bridgehead atoms. The highest BCUT2D eigenvalue weighted by Crippen LogP contribution is 2.28. The number of hydrogen-bond acceptors (Lipinski definition) is 4. The standard InChI is InChI=1S/C19H20N4O3S/c1-22-17-7-6-16(12-14(17)5-8-19(22)24)27(25,26)21-10-9-18-20-13-15-4-2-3-11-23(15)18/h2-4,6-7,11-13,21H,5,8-10H2,1H3. The number of nitrogens with zero attached hydrogens (tertiary/aromatic N) is 3. The van der Waals surface area contributed by atoms with Gasteiger partial charge in [-0.1, -0.05) is 6.07 Å². The minimum atomic E-state index is -3.62. The Morgan fingerprint density at radius 1 is 1.19 bits per heavy atom. The fourth-order valence-corrected chi connectivity index (χ4v) is 4.45. The molecule has 0 saturated heterocycles. The molecule has 1 aliphatic heterocycles. The number of imidazole rings is 1. The molecule has 1 amide bonds. The summed E-state index contributed by atoms with van der Waals surface area (Å²) < 4.78 is 29.9. The van der Waals surface area contributed by atoms with Gasteiger partial charge in [-0.25, -0.2) is 18.1 Å². The first-order valence-corrected chi connectivity index (χ1v) is 10.2. The maximum absolute atomic E-state index is 12.6. The Morgan fingerprint density at radius 3 is 2.89 bits per heavy atom. The number of benzene rings is 1. The molecule has 0 saturated carbocycles. The second kappa shape index (κ2) is 6.79. The molecular weight excluding hydrogens is 364 g/mol. The van der Waals surface area contributed by atoms with Crippen molar-refractivity contribution in [2.24, 2.45) is 0 Å². The van der Waals surface area contributed by atoms with Crippen molar-refractivity contribution >= 4 is 27.1 Å². The molecule has 0 atom stereocenters. The van der Waals surface area contributed by atoms with Gasteiger partial charge >= 0.3 is 0 Å². The number of pyridine rings is 1. The number of carbonyl (C=O) groups is 1. The van der Waals surface area contributed by atoms with E-state index in [1.165, 1.54) is 0 Å². The van der Waals surface area contributed by atoms with Crippen molar-refractivity contribution in [2.45, 2.75) is 24.2 Å². The fourth-order valence-electron chi connectivity index (χ4n) is 3.37. The molecule has 1 N–H and O–H groups in total. The van der Waals surface area contributed by atoms with Crippen LogP contribution in [0.1, 0.15) is 17.8 Å². The van der Waals surface area contributed by atoms with Crippen LogP contribution in [0.3, 0.4) is 0 Å². The molecule has 1 aromatic carbocycles. The van der Waals surface area contributed by atoms with Crippen molar-refractivity contribution in [1.29, 1.82) is 0 Å². The molecule has 4 rings (SSSR count). The second-order valence-corrected chi connectivity index (χ2v) is 8.33. The summed E-state index contributed by atoms with van der Waals surface area (Å²) in [5, 5.41) is 0. The molecule has 8 heteroatoms. The number of anilines is 1. The topological polar surface area (TPSA) is 83.8 Å². The Kier molecular flexibility index (Phi) is 4.45. The van der Waals surface area contributed by atoms with Gasteiger partial charge in [0, 0.05) is 38.3 Å². The largest absolute Gasteiger partial charge is 0.315 e. The number of aromatic nitrogens is 2. The third-order valence-corrected chi connectivity index (χ3v) is 6.32. The van der Waals surface area contributed by atoms with Gasteiger partial charge in [0.25, 0.3) is 0 Å². The summed E-state index contributed by atoms with van der Waals surface area (Å²) in [5.74, 6) is 0.849. The van der Waals surface area contributed by atoms with Gasteiger partial charge in [-0.3, -0.25) is 4.79 Å². The Bertz CT molecular complexity index is 1120. The van der Waals surface area contributed by atoms with Crippen molar-refractivity contribution in [3.63, 3.8) is 0 Å². The van der Waals surface area contributed by atoms with Crippen LogP contribution in [0.2, 0.25) is 0 Å². The molecule has 0 unspecified atom stereocenters. The van der Waals surface area contributed by atoms with E-state index < -0.39 is 10.0 Å². The number of carbonyl (C=O) groups excluding carboxylic acids is 1. The Balaban J connectivity index is 1.48. The summed E-state index contributed by atoms with van der Waals surface area (Å²) in [6.07, 6.45) is 5.12.